The van der Waals surface area contributed by atoms with Crippen LogP contribution >= 0.6 is 0 Å². The minimum absolute atomic E-state index is 0.133. The molecule has 1 aromatic rings. The van der Waals surface area contributed by atoms with Crippen LogP contribution in [0.15, 0.2) is 24.3 Å². The summed E-state index contributed by atoms with van der Waals surface area (Å²) in [5, 5.41) is 6.68. The summed E-state index contributed by atoms with van der Waals surface area (Å²) in [6.45, 7) is 2.70. The molecule has 2 N–H and O–H groups in total. The molecule has 1 unspecified atom stereocenters. The van der Waals surface area contributed by atoms with Crippen molar-refractivity contribution in [2.24, 2.45) is 11.8 Å². The topological polar surface area (TPSA) is 50.4 Å². The number of hydrogen-bond donors (Lipinski definition) is 2. The van der Waals surface area contributed by atoms with Crippen LogP contribution in [0, 0.1) is 11.8 Å². The van der Waals surface area contributed by atoms with E-state index in [1.165, 1.54) is 31.2 Å². The van der Waals surface area contributed by atoms with Gasteiger partial charge in [0.25, 0.3) is 0 Å². The van der Waals surface area contributed by atoms with Gasteiger partial charge in [0.15, 0.2) is 0 Å². The van der Waals surface area contributed by atoms with Gasteiger partial charge in [0.2, 0.25) is 5.91 Å². The molecule has 4 heteroatoms. The molecular weight excluding hydrogens is 300 g/mol. The first-order chi connectivity index (χ1) is 11.7. The zero-order valence-electron chi connectivity index (χ0n) is 14.9. The number of hydrogen-bond acceptors (Lipinski definition) is 3. The molecule has 0 bridgehead atoms. The highest BCUT2D eigenvalue weighted by molar-refractivity contribution is 5.78. The third-order valence-corrected chi connectivity index (χ3v) is 5.43. The molecule has 0 spiro atoms. The van der Waals surface area contributed by atoms with Crippen molar-refractivity contribution < 1.29 is 9.53 Å². The van der Waals surface area contributed by atoms with Gasteiger partial charge in [-0.15, -0.1) is 0 Å². The first-order valence-corrected chi connectivity index (χ1v) is 9.32. The molecule has 2 aliphatic carbocycles. The average Bonchev–Trinajstić information content (AvgIpc) is 3.43. The van der Waals surface area contributed by atoms with Gasteiger partial charge in [0.1, 0.15) is 5.75 Å². The van der Waals surface area contributed by atoms with E-state index >= 15 is 0 Å². The Labute approximate surface area is 145 Å². The maximum absolute atomic E-state index is 12.3. The number of ether oxygens (including phenoxy) is 1. The number of amides is 1. The van der Waals surface area contributed by atoms with Crippen molar-refractivity contribution in [3.63, 3.8) is 0 Å². The number of nitrogens with one attached hydrogen (secondary N) is 2. The van der Waals surface area contributed by atoms with Crippen molar-refractivity contribution in [1.29, 1.82) is 0 Å². The lowest BCUT2D eigenvalue weighted by molar-refractivity contribution is -0.121. The summed E-state index contributed by atoms with van der Waals surface area (Å²) >= 11 is 0. The van der Waals surface area contributed by atoms with Crippen molar-refractivity contribution in [2.45, 2.75) is 57.5 Å². The van der Waals surface area contributed by atoms with E-state index in [1.807, 2.05) is 12.1 Å². The fraction of sp³-hybridized carbons (Fsp3) is 0.650. The van der Waals surface area contributed by atoms with Crippen LogP contribution in [-0.4, -0.2) is 25.6 Å². The molecule has 0 heterocycles. The van der Waals surface area contributed by atoms with E-state index in [4.69, 9.17) is 4.74 Å². The van der Waals surface area contributed by atoms with E-state index < -0.39 is 0 Å². The largest absolute Gasteiger partial charge is 0.497 e. The summed E-state index contributed by atoms with van der Waals surface area (Å²) in [6.07, 6.45) is 7.19. The summed E-state index contributed by atoms with van der Waals surface area (Å²) in [6, 6.07) is 8.85. The summed E-state index contributed by atoms with van der Waals surface area (Å²) in [5.41, 5.74) is 1.25. The highest BCUT2D eigenvalue weighted by Gasteiger charge is 2.32. The number of methoxy groups -OCH3 is 1. The first kappa shape index (κ1) is 17.3. The number of rotatable bonds is 7. The number of carbonyl (C=O) groups excluding carboxylic acids is 1. The van der Waals surface area contributed by atoms with Gasteiger partial charge in [-0.1, -0.05) is 19.1 Å². The van der Waals surface area contributed by atoms with E-state index in [1.54, 1.807) is 7.11 Å². The Morgan fingerprint density at radius 2 is 1.79 bits per heavy atom. The molecule has 0 aliphatic heterocycles. The molecule has 0 aromatic heterocycles. The van der Waals surface area contributed by atoms with Crippen molar-refractivity contribution >= 4 is 5.91 Å². The zero-order chi connectivity index (χ0) is 16.9. The number of benzene rings is 1. The van der Waals surface area contributed by atoms with Crippen LogP contribution in [0.25, 0.3) is 0 Å². The van der Waals surface area contributed by atoms with E-state index in [0.29, 0.717) is 18.5 Å². The van der Waals surface area contributed by atoms with Gasteiger partial charge in [-0.2, -0.15) is 0 Å². The Kier molecular flexibility index (Phi) is 5.77. The van der Waals surface area contributed by atoms with Crippen molar-refractivity contribution in [3.05, 3.63) is 29.8 Å². The lowest BCUT2D eigenvalue weighted by Gasteiger charge is -2.27. The molecule has 0 saturated heterocycles. The second kappa shape index (κ2) is 8.02. The third kappa shape index (κ3) is 4.73. The van der Waals surface area contributed by atoms with Gasteiger partial charge in [0, 0.05) is 12.1 Å². The second-order valence-electron chi connectivity index (χ2n) is 7.49. The Bertz CT molecular complexity index is 531. The van der Waals surface area contributed by atoms with Crippen LogP contribution in [0.5, 0.6) is 5.75 Å². The van der Waals surface area contributed by atoms with Crippen LogP contribution in [-0.2, 0) is 4.79 Å². The molecule has 1 amide bonds. The van der Waals surface area contributed by atoms with Gasteiger partial charge in [-0.05, 0) is 68.1 Å². The second-order valence-corrected chi connectivity index (χ2v) is 7.49. The monoisotopic (exact) mass is 330 g/mol. The quantitative estimate of drug-likeness (QED) is 0.805. The molecule has 132 valence electrons. The predicted molar refractivity (Wildman–Crippen MR) is 96.0 cm³/mol. The SMILES string of the molecule is COc1ccc(C(NCC(=O)NC2CCC(C)CC2)C2CC2)cc1. The van der Waals surface area contributed by atoms with E-state index in [2.05, 4.69) is 29.7 Å². The fourth-order valence-electron chi connectivity index (χ4n) is 3.68. The van der Waals surface area contributed by atoms with Crippen LogP contribution in [0.3, 0.4) is 0 Å². The van der Waals surface area contributed by atoms with Crippen LogP contribution in [0.2, 0.25) is 0 Å². The summed E-state index contributed by atoms with van der Waals surface area (Å²) in [5.74, 6) is 2.47. The standard InChI is InChI=1S/C20H30N2O2/c1-14-3-9-17(10-4-14)22-19(23)13-21-20(15-5-6-15)16-7-11-18(24-2)12-8-16/h7-8,11-12,14-15,17,20-21H,3-6,9-10,13H2,1-2H3,(H,22,23). The predicted octanol–water partition coefficient (Wildman–Crippen LogP) is 3.43. The van der Waals surface area contributed by atoms with Gasteiger partial charge in [-0.3, -0.25) is 4.79 Å². The minimum Gasteiger partial charge on any atom is -0.497 e. The first-order valence-electron chi connectivity index (χ1n) is 9.32. The van der Waals surface area contributed by atoms with Crippen molar-refractivity contribution in [1.82, 2.24) is 10.6 Å². The van der Waals surface area contributed by atoms with Crippen LogP contribution in [0.4, 0.5) is 0 Å². The van der Waals surface area contributed by atoms with Gasteiger partial charge in [-0.25, -0.2) is 0 Å². The Hall–Kier alpha value is -1.55. The highest BCUT2D eigenvalue weighted by Crippen LogP contribution is 2.41. The normalized spacial score (nSPS) is 25.1. The molecule has 24 heavy (non-hydrogen) atoms. The molecule has 3 rings (SSSR count). The average molecular weight is 330 g/mol. The maximum Gasteiger partial charge on any atom is 0.234 e. The molecule has 0 radical (unpaired) electrons. The van der Waals surface area contributed by atoms with Crippen LogP contribution in [0.1, 0.15) is 57.1 Å². The van der Waals surface area contributed by atoms with E-state index in [9.17, 15) is 4.79 Å². The Balaban J connectivity index is 1.49. The molecule has 4 nitrogen and oxygen atoms in total. The maximum atomic E-state index is 12.3. The van der Waals surface area contributed by atoms with Gasteiger partial charge in [0.05, 0.1) is 13.7 Å². The minimum atomic E-state index is 0.133. The number of carbonyl (C=O) groups is 1. The molecule has 2 saturated carbocycles. The molecule has 1 aromatic carbocycles. The van der Waals surface area contributed by atoms with Gasteiger partial charge >= 0.3 is 0 Å². The van der Waals surface area contributed by atoms with Gasteiger partial charge < -0.3 is 15.4 Å². The molecule has 2 fully saturated rings. The van der Waals surface area contributed by atoms with Crippen molar-refractivity contribution in [2.75, 3.05) is 13.7 Å². The third-order valence-electron chi connectivity index (χ3n) is 5.43. The smallest absolute Gasteiger partial charge is 0.234 e. The highest BCUT2D eigenvalue weighted by atomic mass is 16.5. The lowest BCUT2D eigenvalue weighted by atomic mass is 9.87. The van der Waals surface area contributed by atoms with Crippen LogP contribution < -0.4 is 15.4 Å². The summed E-state index contributed by atoms with van der Waals surface area (Å²) < 4.78 is 5.23. The summed E-state index contributed by atoms with van der Waals surface area (Å²) in [7, 11) is 1.68. The zero-order valence-corrected chi connectivity index (χ0v) is 14.9. The lowest BCUT2D eigenvalue weighted by Crippen LogP contribution is -2.42. The molecule has 2 aliphatic rings. The van der Waals surface area contributed by atoms with E-state index in [-0.39, 0.29) is 11.9 Å². The fourth-order valence-corrected chi connectivity index (χ4v) is 3.68. The Morgan fingerprint density at radius 3 is 2.38 bits per heavy atom. The summed E-state index contributed by atoms with van der Waals surface area (Å²) in [4.78, 5) is 12.3. The Morgan fingerprint density at radius 1 is 1.12 bits per heavy atom. The van der Waals surface area contributed by atoms with Crippen molar-refractivity contribution in [3.8, 4) is 5.75 Å². The van der Waals surface area contributed by atoms with E-state index in [0.717, 1.165) is 24.5 Å². The molecule has 1 atom stereocenters. The molecular formula is C20H30N2O2.